The minimum atomic E-state index is -3.94. The quantitative estimate of drug-likeness (QED) is 0.0337. The van der Waals surface area contributed by atoms with Crippen LogP contribution >= 0.6 is 126 Å². The summed E-state index contributed by atoms with van der Waals surface area (Å²) in [5.74, 6) is 0.647. The zero-order valence-corrected chi connectivity index (χ0v) is 41.0. The second-order valence-electron chi connectivity index (χ2n) is 7.69. The molecule has 2 rings (SSSR count). The fourth-order valence-electron chi connectivity index (χ4n) is 2.66. The summed E-state index contributed by atoms with van der Waals surface area (Å²) in [5.41, 5.74) is 2.46. The first-order valence-electron chi connectivity index (χ1n) is 12.0. The predicted octanol–water partition coefficient (Wildman–Crippen LogP) is 4.53. The van der Waals surface area contributed by atoms with Gasteiger partial charge in [0, 0.05) is 61.8 Å². The average molecular weight is 1090 g/mol. The van der Waals surface area contributed by atoms with Gasteiger partial charge in [-0.1, -0.05) is 134 Å². The number of rotatable bonds is 17. The van der Waals surface area contributed by atoms with Crippen molar-refractivity contribution >= 4 is 153 Å². The van der Waals surface area contributed by atoms with Gasteiger partial charge in [-0.05, 0) is 67.1 Å². The number of unbranched alkanes of at least 4 members (excludes halogenated alkanes) is 3. The molecule has 0 saturated carbocycles. The Morgan fingerprint density at radius 1 is 0.638 bits per heavy atom. The van der Waals surface area contributed by atoms with Crippen LogP contribution in [-0.2, 0) is 31.4 Å². The SMILES string of the molecule is C.C.II.O=S(=O)(O)SCCCCCCSS(=O)(=O)O.S=C(NCc1ccccc1)SSCSSC(=S)NCc1ccccc1.[Na+].[Na+]. The molecule has 0 aliphatic rings. The summed E-state index contributed by atoms with van der Waals surface area (Å²) in [5, 5.41) is 7.43. The van der Waals surface area contributed by atoms with Crippen molar-refractivity contribution in [2.75, 3.05) is 16.6 Å². The summed E-state index contributed by atoms with van der Waals surface area (Å²) in [7, 11) is -0.270. The summed E-state index contributed by atoms with van der Waals surface area (Å²) < 4.78 is 59.6. The Hall–Kier alpha value is 3.60. The topological polar surface area (TPSA) is 133 Å². The van der Waals surface area contributed by atoms with Crippen LogP contribution in [0.4, 0.5) is 0 Å². The molecule has 47 heavy (non-hydrogen) atoms. The maximum atomic E-state index is 10.3. The third-order valence-electron chi connectivity index (χ3n) is 4.43. The molecule has 0 aliphatic heterocycles. The molecule has 0 saturated heterocycles. The standard InChI is InChI=1S/C17H18N2S6.C6H14O6S4.2CH4.I2.2Na/c20-16(18-11-14-7-3-1-4-8-14)24-22-13-23-25-17(21)19-12-15-9-5-2-6-10-15;7-15(8,9)13-5-3-1-2-4-6-14-16(10,11)12;;;1-2;;/h1-10H,11-13H2,(H,18,20)(H,19,21);1-6H2,(H,7,8,9)(H,10,11,12);2*1H4;;;/q;;;;;2*+1. The molecule has 0 aromatic heterocycles. The van der Waals surface area contributed by atoms with Crippen LogP contribution < -0.4 is 69.7 Å². The predicted molar refractivity (Wildman–Crippen MR) is 235 cm³/mol. The number of benzene rings is 2. The Bertz CT molecular complexity index is 1150. The van der Waals surface area contributed by atoms with E-state index >= 15 is 0 Å². The number of halogens is 2. The molecule has 0 amide bonds. The van der Waals surface area contributed by atoms with Crippen LogP contribution in [0.5, 0.6) is 0 Å². The number of hydrogen-bond acceptors (Lipinski definition) is 12. The van der Waals surface area contributed by atoms with Crippen LogP contribution in [0.15, 0.2) is 60.7 Å². The summed E-state index contributed by atoms with van der Waals surface area (Å²) in [4.78, 5) is 0. The van der Waals surface area contributed by atoms with Crippen LogP contribution in [0.3, 0.4) is 0 Å². The summed E-state index contributed by atoms with van der Waals surface area (Å²) in [6, 6.07) is 20.5. The Kier molecular flexibility index (Phi) is 50.1. The van der Waals surface area contributed by atoms with E-state index in [0.29, 0.717) is 45.9 Å². The molecular formula is C25H40I2N2Na2O6S10+2. The van der Waals surface area contributed by atoms with E-state index in [0.717, 1.165) is 39.7 Å². The van der Waals surface area contributed by atoms with E-state index in [1.54, 1.807) is 43.2 Å². The van der Waals surface area contributed by atoms with Crippen molar-refractivity contribution < 1.29 is 85.1 Å². The fourth-order valence-corrected chi connectivity index (χ4v) is 11.0. The van der Waals surface area contributed by atoms with Crippen LogP contribution in [0.1, 0.15) is 51.7 Å². The average Bonchev–Trinajstić information content (AvgIpc) is 2.97. The zero-order chi connectivity index (χ0) is 32.4. The molecule has 2 aromatic carbocycles. The normalized spacial score (nSPS) is 9.96. The van der Waals surface area contributed by atoms with Crippen LogP contribution in [-0.4, -0.2) is 51.2 Å². The molecular weight excluding hydrogens is 1040 g/mol. The Morgan fingerprint density at radius 2 is 0.957 bits per heavy atom. The molecule has 0 aliphatic carbocycles. The molecule has 0 bridgehead atoms. The van der Waals surface area contributed by atoms with Gasteiger partial charge in [-0.25, -0.2) is 0 Å². The molecule has 0 atom stereocenters. The van der Waals surface area contributed by atoms with Crippen molar-refractivity contribution in [1.29, 1.82) is 0 Å². The fraction of sp³-hybridized carbons (Fsp3) is 0.440. The van der Waals surface area contributed by atoms with E-state index in [9.17, 15) is 16.8 Å². The van der Waals surface area contributed by atoms with E-state index in [-0.39, 0.29) is 74.0 Å². The minimum absolute atomic E-state index is 0. The zero-order valence-electron chi connectivity index (χ0n) is 24.5. The van der Waals surface area contributed by atoms with Gasteiger partial charge in [0.05, 0.1) is 5.08 Å². The second-order valence-corrected chi connectivity index (χ2v) is 20.9. The van der Waals surface area contributed by atoms with Crippen LogP contribution in [0, 0.1) is 0 Å². The van der Waals surface area contributed by atoms with Crippen molar-refractivity contribution in [1.82, 2.24) is 10.6 Å². The molecule has 2 aromatic rings. The van der Waals surface area contributed by atoms with Crippen molar-refractivity contribution in [3.8, 4) is 0 Å². The first-order chi connectivity index (χ1) is 20.4. The van der Waals surface area contributed by atoms with Gasteiger partial charge in [0.25, 0.3) is 0 Å². The van der Waals surface area contributed by atoms with Crippen LogP contribution in [0.25, 0.3) is 0 Å². The number of thiocarbonyl (C=S) groups is 2. The molecule has 22 heteroatoms. The molecule has 0 fully saturated rings. The van der Waals surface area contributed by atoms with E-state index in [1.807, 2.05) is 36.4 Å². The Labute approximate surface area is 384 Å². The molecule has 0 spiro atoms. The maximum Gasteiger partial charge on any atom is 1.00 e. The van der Waals surface area contributed by atoms with Gasteiger partial charge in [0.15, 0.2) is 0 Å². The monoisotopic (exact) mass is 1080 g/mol. The van der Waals surface area contributed by atoms with Crippen molar-refractivity contribution in [2.24, 2.45) is 0 Å². The number of nitrogens with one attached hydrogen (secondary N) is 2. The Balaban J connectivity index is -0.000000236. The van der Waals surface area contributed by atoms with Gasteiger partial charge in [0.1, 0.15) is 8.64 Å². The summed E-state index contributed by atoms with van der Waals surface area (Å²) >= 11 is 14.9. The van der Waals surface area contributed by atoms with Gasteiger partial charge >= 0.3 is 77.4 Å². The first-order valence-corrected chi connectivity index (χ1v) is 29.7. The Morgan fingerprint density at radius 3 is 1.26 bits per heavy atom. The van der Waals surface area contributed by atoms with Crippen molar-refractivity contribution in [3.05, 3.63) is 71.8 Å². The first kappa shape index (κ1) is 59.9. The van der Waals surface area contributed by atoms with Gasteiger partial charge in [-0.15, -0.1) is 0 Å². The van der Waals surface area contributed by atoms with E-state index in [4.69, 9.17) is 33.5 Å². The van der Waals surface area contributed by atoms with Gasteiger partial charge < -0.3 is 10.6 Å². The van der Waals surface area contributed by atoms with Gasteiger partial charge in [-0.3, -0.25) is 9.11 Å². The third-order valence-corrected chi connectivity index (χ3v) is 15.2. The van der Waals surface area contributed by atoms with Crippen molar-refractivity contribution in [2.45, 2.75) is 53.6 Å². The van der Waals surface area contributed by atoms with E-state index in [1.165, 1.54) is 11.1 Å². The number of hydrogen-bond donors (Lipinski definition) is 4. The summed E-state index contributed by atoms with van der Waals surface area (Å²) in [6.07, 6.45) is 2.80. The summed E-state index contributed by atoms with van der Waals surface area (Å²) in [6.45, 7) is 1.53. The van der Waals surface area contributed by atoms with Crippen LogP contribution in [0.2, 0.25) is 0 Å². The minimum Gasteiger partial charge on any atom is -0.366 e. The second kappa shape index (κ2) is 39.3. The smallest absolute Gasteiger partial charge is 0.366 e. The maximum absolute atomic E-state index is 10.3. The third kappa shape index (κ3) is 43.9. The molecule has 0 unspecified atom stereocenters. The molecule has 8 nitrogen and oxygen atoms in total. The largest absolute Gasteiger partial charge is 1.00 e. The molecule has 0 radical (unpaired) electrons. The molecule has 260 valence electrons. The van der Waals surface area contributed by atoms with Crippen molar-refractivity contribution in [3.63, 3.8) is 0 Å². The van der Waals surface area contributed by atoms with Gasteiger partial charge in [-0.2, -0.15) is 16.8 Å². The molecule has 0 heterocycles. The van der Waals surface area contributed by atoms with Gasteiger partial charge in [0.2, 0.25) is 0 Å². The van der Waals surface area contributed by atoms with E-state index < -0.39 is 18.3 Å². The molecule has 4 N–H and O–H groups in total. The van der Waals surface area contributed by atoms with E-state index in [2.05, 4.69) is 72.1 Å².